The van der Waals surface area contributed by atoms with E-state index in [9.17, 15) is 4.79 Å². The van der Waals surface area contributed by atoms with Crippen molar-refractivity contribution in [2.24, 2.45) is 0 Å². The van der Waals surface area contributed by atoms with Gasteiger partial charge in [-0.15, -0.1) is 11.3 Å². The molecule has 1 aliphatic heterocycles. The molecular formula is C20H22N4O2S. The Labute approximate surface area is 162 Å². The van der Waals surface area contributed by atoms with Gasteiger partial charge in [-0.1, -0.05) is 23.4 Å². The summed E-state index contributed by atoms with van der Waals surface area (Å²) in [7, 11) is 2.15. The number of likely N-dealkylation sites (N-methyl/N-ethyl adjacent to an activating group) is 1. The van der Waals surface area contributed by atoms with Crippen LogP contribution in [0.2, 0.25) is 0 Å². The summed E-state index contributed by atoms with van der Waals surface area (Å²) >= 11 is 1.55. The van der Waals surface area contributed by atoms with Crippen LogP contribution in [-0.2, 0) is 6.54 Å². The fourth-order valence-electron chi connectivity index (χ4n) is 3.08. The Balaban J connectivity index is 1.32. The Morgan fingerprint density at radius 1 is 1.19 bits per heavy atom. The monoisotopic (exact) mass is 382 g/mol. The van der Waals surface area contributed by atoms with Crippen molar-refractivity contribution in [1.82, 2.24) is 15.4 Å². The van der Waals surface area contributed by atoms with E-state index in [0.29, 0.717) is 18.0 Å². The van der Waals surface area contributed by atoms with Gasteiger partial charge in [0.15, 0.2) is 11.5 Å². The number of anilines is 1. The van der Waals surface area contributed by atoms with Gasteiger partial charge in [0, 0.05) is 44.5 Å². The number of hydrogen-bond donors (Lipinski definition) is 1. The Morgan fingerprint density at radius 2 is 1.96 bits per heavy atom. The lowest BCUT2D eigenvalue weighted by Crippen LogP contribution is -2.44. The number of hydrogen-bond acceptors (Lipinski definition) is 6. The lowest BCUT2D eigenvalue weighted by atomic mass is 10.1. The first-order chi connectivity index (χ1) is 13.2. The molecule has 1 saturated heterocycles. The van der Waals surface area contributed by atoms with Crippen molar-refractivity contribution in [1.29, 1.82) is 0 Å². The van der Waals surface area contributed by atoms with E-state index < -0.39 is 0 Å². The van der Waals surface area contributed by atoms with Crippen molar-refractivity contribution in [2.75, 3.05) is 38.1 Å². The second-order valence-corrected chi connectivity index (χ2v) is 7.64. The van der Waals surface area contributed by atoms with Gasteiger partial charge in [0.1, 0.15) is 0 Å². The average molecular weight is 382 g/mol. The number of carbonyl (C=O) groups excluding carboxylic acids is 1. The van der Waals surface area contributed by atoms with E-state index in [1.165, 1.54) is 5.69 Å². The Hall–Kier alpha value is -2.64. The molecule has 0 radical (unpaired) electrons. The lowest BCUT2D eigenvalue weighted by molar-refractivity contribution is 0.0942. The molecule has 3 aromatic rings. The molecule has 3 heterocycles. The van der Waals surface area contributed by atoms with Gasteiger partial charge < -0.3 is 19.6 Å². The topological polar surface area (TPSA) is 61.6 Å². The van der Waals surface area contributed by atoms with Gasteiger partial charge in [0.05, 0.1) is 4.88 Å². The molecule has 1 aliphatic rings. The van der Waals surface area contributed by atoms with E-state index in [-0.39, 0.29) is 5.91 Å². The minimum atomic E-state index is -0.232. The summed E-state index contributed by atoms with van der Waals surface area (Å²) in [5.41, 5.74) is 2.59. The van der Waals surface area contributed by atoms with Crippen LogP contribution in [0.5, 0.6) is 0 Å². The molecule has 27 heavy (non-hydrogen) atoms. The zero-order valence-corrected chi connectivity index (χ0v) is 16.0. The van der Waals surface area contributed by atoms with E-state index in [4.69, 9.17) is 4.52 Å². The molecule has 0 aliphatic carbocycles. The highest BCUT2D eigenvalue weighted by atomic mass is 32.1. The number of nitrogens with one attached hydrogen (secondary N) is 1. The summed E-state index contributed by atoms with van der Waals surface area (Å²) in [6, 6.07) is 13.9. The van der Waals surface area contributed by atoms with Crippen molar-refractivity contribution < 1.29 is 9.32 Å². The number of nitrogens with zero attached hydrogens (tertiary/aromatic N) is 3. The first-order valence-electron chi connectivity index (χ1n) is 9.00. The maximum atomic E-state index is 12.3. The predicted octanol–water partition coefficient (Wildman–Crippen LogP) is 3.08. The number of amides is 1. The molecule has 1 amide bonds. The molecule has 0 saturated carbocycles. The van der Waals surface area contributed by atoms with Crippen LogP contribution in [0.1, 0.15) is 16.1 Å². The largest absolute Gasteiger partial charge is 0.369 e. The summed E-state index contributed by atoms with van der Waals surface area (Å²) in [4.78, 5) is 18.0. The van der Waals surface area contributed by atoms with E-state index in [0.717, 1.165) is 36.6 Å². The highest BCUT2D eigenvalue weighted by Crippen LogP contribution is 2.25. The second-order valence-electron chi connectivity index (χ2n) is 6.69. The SMILES string of the molecule is CN1CCN(c2ccc(CNC(=O)c3cc(-c4cccs4)on3)cc2)CC1. The van der Waals surface area contributed by atoms with Gasteiger partial charge in [-0.2, -0.15) is 0 Å². The van der Waals surface area contributed by atoms with Crippen LogP contribution >= 0.6 is 11.3 Å². The number of carbonyl (C=O) groups is 1. The van der Waals surface area contributed by atoms with Crippen LogP contribution in [0.15, 0.2) is 52.4 Å². The summed E-state index contributed by atoms with van der Waals surface area (Å²) in [6.07, 6.45) is 0. The highest BCUT2D eigenvalue weighted by Gasteiger charge is 2.15. The Morgan fingerprint density at radius 3 is 2.67 bits per heavy atom. The third kappa shape index (κ3) is 4.20. The number of thiophene rings is 1. The van der Waals surface area contributed by atoms with E-state index in [1.54, 1.807) is 17.4 Å². The average Bonchev–Trinajstić information content (AvgIpc) is 3.39. The van der Waals surface area contributed by atoms with Gasteiger partial charge in [-0.3, -0.25) is 4.79 Å². The van der Waals surface area contributed by atoms with Crippen molar-refractivity contribution in [2.45, 2.75) is 6.54 Å². The first kappa shape index (κ1) is 17.8. The number of rotatable bonds is 5. The third-order valence-electron chi connectivity index (χ3n) is 4.76. The van der Waals surface area contributed by atoms with Crippen molar-refractivity contribution in [3.8, 4) is 10.6 Å². The summed E-state index contributed by atoms with van der Waals surface area (Å²) in [5, 5.41) is 8.74. The van der Waals surface area contributed by atoms with E-state index in [2.05, 4.69) is 51.6 Å². The van der Waals surface area contributed by atoms with Gasteiger partial charge in [0.2, 0.25) is 0 Å². The van der Waals surface area contributed by atoms with Crippen molar-refractivity contribution in [3.63, 3.8) is 0 Å². The molecule has 7 heteroatoms. The maximum absolute atomic E-state index is 12.3. The number of benzene rings is 1. The number of aromatic nitrogens is 1. The molecule has 1 aromatic carbocycles. The molecule has 2 aromatic heterocycles. The minimum absolute atomic E-state index is 0.232. The summed E-state index contributed by atoms with van der Waals surface area (Å²) < 4.78 is 5.26. The Bertz CT molecular complexity index is 881. The summed E-state index contributed by atoms with van der Waals surface area (Å²) in [5.74, 6) is 0.386. The van der Waals surface area contributed by atoms with Crippen LogP contribution in [0, 0.1) is 0 Å². The molecule has 0 unspecified atom stereocenters. The second kappa shape index (κ2) is 7.94. The van der Waals surface area contributed by atoms with Crippen LogP contribution in [0.4, 0.5) is 5.69 Å². The van der Waals surface area contributed by atoms with Gasteiger partial charge in [-0.25, -0.2) is 0 Å². The maximum Gasteiger partial charge on any atom is 0.273 e. The van der Waals surface area contributed by atoms with Gasteiger partial charge in [0.25, 0.3) is 5.91 Å². The lowest BCUT2D eigenvalue weighted by Gasteiger charge is -2.34. The molecule has 0 spiro atoms. The fourth-order valence-corrected chi connectivity index (χ4v) is 3.75. The van der Waals surface area contributed by atoms with Crippen molar-refractivity contribution >= 4 is 22.9 Å². The quantitative estimate of drug-likeness (QED) is 0.735. The van der Waals surface area contributed by atoms with Gasteiger partial charge >= 0.3 is 0 Å². The van der Waals surface area contributed by atoms with Crippen molar-refractivity contribution in [3.05, 3.63) is 59.1 Å². The molecule has 1 fully saturated rings. The molecule has 4 rings (SSSR count). The highest BCUT2D eigenvalue weighted by molar-refractivity contribution is 7.13. The minimum Gasteiger partial charge on any atom is -0.369 e. The standard InChI is InChI=1S/C20H22N4O2S/c1-23-8-10-24(11-9-23)16-6-4-15(5-7-16)14-21-20(25)17-13-18(26-22-17)19-3-2-12-27-19/h2-7,12-13H,8-11,14H2,1H3,(H,21,25). The molecule has 6 nitrogen and oxygen atoms in total. The zero-order valence-electron chi connectivity index (χ0n) is 15.2. The normalized spacial score (nSPS) is 15.1. The predicted molar refractivity (Wildman–Crippen MR) is 107 cm³/mol. The fraction of sp³-hybridized carbons (Fsp3) is 0.300. The van der Waals surface area contributed by atoms with E-state index in [1.807, 2.05) is 17.5 Å². The third-order valence-corrected chi connectivity index (χ3v) is 5.65. The molecule has 0 bridgehead atoms. The van der Waals surface area contributed by atoms with Crippen LogP contribution < -0.4 is 10.2 Å². The van der Waals surface area contributed by atoms with Crippen LogP contribution in [0.3, 0.4) is 0 Å². The first-order valence-corrected chi connectivity index (χ1v) is 9.88. The zero-order chi connectivity index (χ0) is 18.6. The number of piperazine rings is 1. The molecule has 0 atom stereocenters. The van der Waals surface area contributed by atoms with Crippen LogP contribution in [-0.4, -0.2) is 49.2 Å². The smallest absolute Gasteiger partial charge is 0.273 e. The molecular weight excluding hydrogens is 360 g/mol. The van der Waals surface area contributed by atoms with Crippen LogP contribution in [0.25, 0.3) is 10.6 Å². The van der Waals surface area contributed by atoms with Gasteiger partial charge in [-0.05, 0) is 36.2 Å². The van der Waals surface area contributed by atoms with E-state index >= 15 is 0 Å². The molecule has 1 N–H and O–H groups in total. The summed E-state index contributed by atoms with van der Waals surface area (Å²) in [6.45, 7) is 4.73. The Kier molecular flexibility index (Phi) is 5.22. The molecule has 140 valence electrons.